The van der Waals surface area contributed by atoms with Crippen molar-refractivity contribution in [3.05, 3.63) is 35.4 Å². The molecule has 0 aromatic heterocycles. The van der Waals surface area contributed by atoms with E-state index in [4.69, 9.17) is 5.73 Å². The summed E-state index contributed by atoms with van der Waals surface area (Å²) in [4.78, 5) is 0. The molecular formula is C12H15F3N2. The molecule has 1 saturated heterocycles. The number of alkyl halides is 3. The van der Waals surface area contributed by atoms with Crippen LogP contribution in [-0.2, 0) is 6.18 Å². The minimum absolute atomic E-state index is 0.0273. The Kier molecular flexibility index (Phi) is 3.40. The molecule has 2 atom stereocenters. The van der Waals surface area contributed by atoms with Gasteiger partial charge in [0, 0.05) is 12.1 Å². The first kappa shape index (κ1) is 12.4. The number of piperidine rings is 1. The van der Waals surface area contributed by atoms with Gasteiger partial charge in [-0.1, -0.05) is 12.1 Å². The van der Waals surface area contributed by atoms with Crippen LogP contribution in [0.2, 0.25) is 0 Å². The molecule has 1 fully saturated rings. The Labute approximate surface area is 98.0 Å². The van der Waals surface area contributed by atoms with Crippen molar-refractivity contribution in [1.29, 1.82) is 0 Å². The Morgan fingerprint density at radius 1 is 1.18 bits per heavy atom. The highest BCUT2D eigenvalue weighted by atomic mass is 19.4. The first-order chi connectivity index (χ1) is 7.98. The van der Waals surface area contributed by atoms with Gasteiger partial charge >= 0.3 is 6.18 Å². The molecule has 0 radical (unpaired) electrons. The van der Waals surface area contributed by atoms with Gasteiger partial charge in [0.1, 0.15) is 0 Å². The summed E-state index contributed by atoms with van der Waals surface area (Å²) in [6.07, 6.45) is -2.36. The van der Waals surface area contributed by atoms with Gasteiger partial charge in [-0.15, -0.1) is 0 Å². The summed E-state index contributed by atoms with van der Waals surface area (Å²) in [5.74, 6) is 0. The van der Waals surface area contributed by atoms with E-state index in [1.165, 1.54) is 12.1 Å². The molecule has 1 aliphatic rings. The largest absolute Gasteiger partial charge is 0.416 e. The van der Waals surface area contributed by atoms with Gasteiger partial charge in [0.15, 0.2) is 0 Å². The summed E-state index contributed by atoms with van der Waals surface area (Å²) in [5.41, 5.74) is 6.15. The summed E-state index contributed by atoms with van der Waals surface area (Å²) < 4.78 is 37.2. The van der Waals surface area contributed by atoms with Gasteiger partial charge in [-0.05, 0) is 37.1 Å². The smallest absolute Gasteiger partial charge is 0.326 e. The lowest BCUT2D eigenvalue weighted by atomic mass is 9.92. The standard InChI is InChI=1S/C12H15F3N2/c13-12(14,15)9-5-3-8(4-6-9)11-10(16)2-1-7-17-11/h3-6,10-11,17H,1-2,7,16H2. The van der Waals surface area contributed by atoms with E-state index in [9.17, 15) is 13.2 Å². The van der Waals surface area contributed by atoms with E-state index in [-0.39, 0.29) is 12.1 Å². The quantitative estimate of drug-likeness (QED) is 0.796. The van der Waals surface area contributed by atoms with Crippen molar-refractivity contribution in [3.63, 3.8) is 0 Å². The first-order valence-corrected chi connectivity index (χ1v) is 5.64. The fourth-order valence-corrected chi connectivity index (χ4v) is 2.16. The minimum Gasteiger partial charge on any atom is -0.326 e. The molecule has 0 amide bonds. The van der Waals surface area contributed by atoms with Crippen LogP contribution < -0.4 is 11.1 Å². The van der Waals surface area contributed by atoms with Crippen molar-refractivity contribution in [2.45, 2.75) is 31.1 Å². The van der Waals surface area contributed by atoms with E-state index >= 15 is 0 Å². The molecule has 17 heavy (non-hydrogen) atoms. The van der Waals surface area contributed by atoms with Gasteiger partial charge in [0.25, 0.3) is 0 Å². The van der Waals surface area contributed by atoms with Crippen LogP contribution in [0.15, 0.2) is 24.3 Å². The van der Waals surface area contributed by atoms with Crippen molar-refractivity contribution in [2.75, 3.05) is 6.54 Å². The van der Waals surface area contributed by atoms with E-state index in [1.54, 1.807) is 0 Å². The molecule has 0 saturated carbocycles. The number of hydrogen-bond donors (Lipinski definition) is 2. The fraction of sp³-hybridized carbons (Fsp3) is 0.500. The fourth-order valence-electron chi connectivity index (χ4n) is 2.16. The van der Waals surface area contributed by atoms with E-state index < -0.39 is 11.7 Å². The van der Waals surface area contributed by atoms with E-state index in [2.05, 4.69) is 5.32 Å². The van der Waals surface area contributed by atoms with Gasteiger partial charge in [0.05, 0.1) is 5.56 Å². The average molecular weight is 244 g/mol. The summed E-state index contributed by atoms with van der Waals surface area (Å²) in [6, 6.07) is 5.17. The highest BCUT2D eigenvalue weighted by Gasteiger charge is 2.30. The number of halogens is 3. The zero-order chi connectivity index (χ0) is 12.5. The van der Waals surface area contributed by atoms with Gasteiger partial charge in [-0.2, -0.15) is 13.2 Å². The van der Waals surface area contributed by atoms with Crippen molar-refractivity contribution in [3.8, 4) is 0 Å². The molecule has 0 bridgehead atoms. The van der Waals surface area contributed by atoms with Crippen LogP contribution >= 0.6 is 0 Å². The molecule has 0 spiro atoms. The third kappa shape index (κ3) is 2.79. The molecule has 0 aliphatic carbocycles. The van der Waals surface area contributed by atoms with E-state index in [1.807, 2.05) is 0 Å². The zero-order valence-electron chi connectivity index (χ0n) is 9.30. The molecule has 1 aliphatic heterocycles. The monoisotopic (exact) mass is 244 g/mol. The SMILES string of the molecule is NC1CCCNC1c1ccc(C(F)(F)F)cc1. The topological polar surface area (TPSA) is 38.0 Å². The number of benzene rings is 1. The maximum Gasteiger partial charge on any atom is 0.416 e. The third-order valence-electron chi connectivity index (χ3n) is 3.10. The van der Waals surface area contributed by atoms with Crippen molar-refractivity contribution in [2.24, 2.45) is 5.73 Å². The molecule has 3 N–H and O–H groups in total. The molecule has 2 unspecified atom stereocenters. The normalized spacial score (nSPS) is 25.9. The van der Waals surface area contributed by atoms with E-state index in [0.717, 1.165) is 37.1 Å². The van der Waals surface area contributed by atoms with Gasteiger partial charge in [0.2, 0.25) is 0 Å². The number of rotatable bonds is 1. The number of nitrogens with two attached hydrogens (primary N) is 1. The summed E-state index contributed by atoms with van der Waals surface area (Å²) in [6.45, 7) is 0.861. The van der Waals surface area contributed by atoms with Crippen LogP contribution in [0.1, 0.15) is 30.0 Å². The second-order valence-corrected chi connectivity index (χ2v) is 4.36. The first-order valence-electron chi connectivity index (χ1n) is 5.64. The Morgan fingerprint density at radius 3 is 2.35 bits per heavy atom. The molecule has 2 rings (SSSR count). The van der Waals surface area contributed by atoms with Crippen LogP contribution in [0.5, 0.6) is 0 Å². The highest BCUT2D eigenvalue weighted by Crippen LogP contribution is 2.30. The van der Waals surface area contributed by atoms with Crippen LogP contribution in [0.4, 0.5) is 13.2 Å². The molecule has 1 aromatic rings. The van der Waals surface area contributed by atoms with Gasteiger partial charge < -0.3 is 11.1 Å². The molecule has 1 aromatic carbocycles. The predicted molar refractivity (Wildman–Crippen MR) is 59.4 cm³/mol. The van der Waals surface area contributed by atoms with Crippen LogP contribution in [0, 0.1) is 0 Å². The average Bonchev–Trinajstić information content (AvgIpc) is 2.29. The Balaban J connectivity index is 2.17. The minimum atomic E-state index is -4.28. The summed E-state index contributed by atoms with van der Waals surface area (Å²) in [7, 11) is 0. The maximum atomic E-state index is 12.4. The lowest BCUT2D eigenvalue weighted by Gasteiger charge is -2.30. The van der Waals surface area contributed by atoms with Crippen molar-refractivity contribution < 1.29 is 13.2 Å². The van der Waals surface area contributed by atoms with Crippen molar-refractivity contribution in [1.82, 2.24) is 5.32 Å². The van der Waals surface area contributed by atoms with Gasteiger partial charge in [-0.3, -0.25) is 0 Å². The summed E-state index contributed by atoms with van der Waals surface area (Å²) in [5, 5.41) is 3.24. The summed E-state index contributed by atoms with van der Waals surface area (Å²) >= 11 is 0. The molecule has 1 heterocycles. The maximum absolute atomic E-state index is 12.4. The molecular weight excluding hydrogens is 229 g/mol. The van der Waals surface area contributed by atoms with Crippen molar-refractivity contribution >= 4 is 0 Å². The number of hydrogen-bond acceptors (Lipinski definition) is 2. The second kappa shape index (κ2) is 4.66. The lowest BCUT2D eigenvalue weighted by Crippen LogP contribution is -2.42. The van der Waals surface area contributed by atoms with Crippen LogP contribution in [0.25, 0.3) is 0 Å². The molecule has 5 heteroatoms. The Hall–Kier alpha value is -1.07. The highest BCUT2D eigenvalue weighted by molar-refractivity contribution is 5.28. The third-order valence-corrected chi connectivity index (χ3v) is 3.10. The second-order valence-electron chi connectivity index (χ2n) is 4.36. The van der Waals surface area contributed by atoms with Crippen LogP contribution in [0.3, 0.4) is 0 Å². The van der Waals surface area contributed by atoms with E-state index in [0.29, 0.717) is 0 Å². The number of nitrogens with one attached hydrogen (secondary N) is 1. The Bertz CT molecular complexity index is 372. The molecule has 2 nitrogen and oxygen atoms in total. The van der Waals surface area contributed by atoms with Gasteiger partial charge in [-0.25, -0.2) is 0 Å². The Morgan fingerprint density at radius 2 is 1.82 bits per heavy atom. The molecule has 94 valence electrons. The predicted octanol–water partition coefficient (Wildman–Crippen LogP) is 2.46. The zero-order valence-corrected chi connectivity index (χ0v) is 9.30. The van der Waals surface area contributed by atoms with Crippen LogP contribution in [-0.4, -0.2) is 12.6 Å². The lowest BCUT2D eigenvalue weighted by molar-refractivity contribution is -0.137.